The molecule has 2 nitrogen and oxygen atoms in total. The average molecular weight is 312 g/mol. The van der Waals surface area contributed by atoms with Crippen LogP contribution in [0.1, 0.15) is 37.8 Å². The first-order valence-electron chi connectivity index (χ1n) is 8.60. The van der Waals surface area contributed by atoms with Gasteiger partial charge in [0, 0.05) is 13.2 Å². The quantitative estimate of drug-likeness (QED) is 0.585. The van der Waals surface area contributed by atoms with E-state index in [0.29, 0.717) is 13.2 Å². The lowest BCUT2D eigenvalue weighted by molar-refractivity contribution is 0.0351. The van der Waals surface area contributed by atoms with Gasteiger partial charge < -0.3 is 9.47 Å². The van der Waals surface area contributed by atoms with Gasteiger partial charge in [-0.05, 0) is 24.0 Å². The van der Waals surface area contributed by atoms with Gasteiger partial charge in [-0.3, -0.25) is 0 Å². The fourth-order valence-electron chi connectivity index (χ4n) is 2.84. The Kier molecular flexibility index (Phi) is 7.31. The molecule has 0 saturated carbocycles. The van der Waals surface area contributed by atoms with Crippen LogP contribution in [-0.4, -0.2) is 26.4 Å². The Morgan fingerprint density at radius 1 is 0.652 bits per heavy atom. The summed E-state index contributed by atoms with van der Waals surface area (Å²) in [6.45, 7) is 7.10. The van der Waals surface area contributed by atoms with Crippen molar-refractivity contribution in [3.63, 3.8) is 0 Å². The maximum Gasteiger partial charge on any atom is 0.0669 e. The van der Waals surface area contributed by atoms with E-state index in [0.717, 1.165) is 26.1 Å². The van der Waals surface area contributed by atoms with E-state index in [9.17, 15) is 0 Å². The molecule has 2 aromatic carbocycles. The SMILES string of the molecule is CCCOCC(COCCC)(c1ccccc1)c1ccccc1. The van der Waals surface area contributed by atoms with Crippen LogP contribution in [0.25, 0.3) is 0 Å². The van der Waals surface area contributed by atoms with Crippen LogP contribution in [0, 0.1) is 0 Å². The summed E-state index contributed by atoms with van der Waals surface area (Å²) >= 11 is 0. The number of ether oxygens (including phenoxy) is 2. The molecule has 23 heavy (non-hydrogen) atoms. The van der Waals surface area contributed by atoms with Gasteiger partial charge >= 0.3 is 0 Å². The van der Waals surface area contributed by atoms with Crippen molar-refractivity contribution in [2.75, 3.05) is 26.4 Å². The van der Waals surface area contributed by atoms with Crippen molar-refractivity contribution in [2.24, 2.45) is 0 Å². The smallest absolute Gasteiger partial charge is 0.0669 e. The van der Waals surface area contributed by atoms with Crippen molar-refractivity contribution < 1.29 is 9.47 Å². The highest BCUT2D eigenvalue weighted by Gasteiger charge is 2.35. The molecule has 0 radical (unpaired) electrons. The normalized spacial score (nSPS) is 11.6. The minimum Gasteiger partial charge on any atom is -0.380 e. The van der Waals surface area contributed by atoms with Crippen molar-refractivity contribution in [3.05, 3.63) is 71.8 Å². The zero-order valence-electron chi connectivity index (χ0n) is 14.3. The largest absolute Gasteiger partial charge is 0.380 e. The number of benzene rings is 2. The van der Waals surface area contributed by atoms with Gasteiger partial charge in [-0.25, -0.2) is 0 Å². The van der Waals surface area contributed by atoms with E-state index in [1.807, 2.05) is 0 Å². The molecule has 0 atom stereocenters. The summed E-state index contributed by atoms with van der Waals surface area (Å²) in [5.41, 5.74) is 2.24. The molecule has 0 aliphatic rings. The molecule has 2 aromatic rings. The predicted octanol–water partition coefficient (Wildman–Crippen LogP) is 4.83. The number of hydrogen-bond donors (Lipinski definition) is 0. The van der Waals surface area contributed by atoms with Crippen molar-refractivity contribution in [1.29, 1.82) is 0 Å². The fourth-order valence-corrected chi connectivity index (χ4v) is 2.84. The summed E-state index contributed by atoms with van der Waals surface area (Å²) in [7, 11) is 0. The van der Waals surface area contributed by atoms with Crippen molar-refractivity contribution >= 4 is 0 Å². The summed E-state index contributed by atoms with van der Waals surface area (Å²) in [5, 5.41) is 0. The molecule has 2 rings (SSSR count). The summed E-state index contributed by atoms with van der Waals surface area (Å²) in [4.78, 5) is 0. The predicted molar refractivity (Wildman–Crippen MR) is 95.9 cm³/mol. The first-order valence-corrected chi connectivity index (χ1v) is 8.60. The van der Waals surface area contributed by atoms with Crippen LogP contribution >= 0.6 is 0 Å². The standard InChI is InChI=1S/C21H28O2/c1-3-15-22-17-21(18-23-16-4-2,19-11-7-5-8-12-19)20-13-9-6-10-14-20/h5-14H,3-4,15-18H2,1-2H3. The van der Waals surface area contributed by atoms with Gasteiger partial charge in [-0.1, -0.05) is 74.5 Å². The molecule has 0 aliphatic heterocycles. The Hall–Kier alpha value is -1.64. The van der Waals surface area contributed by atoms with Crippen LogP contribution in [0.5, 0.6) is 0 Å². The molecule has 0 saturated heterocycles. The summed E-state index contributed by atoms with van der Waals surface area (Å²) in [6.07, 6.45) is 2.05. The van der Waals surface area contributed by atoms with E-state index in [2.05, 4.69) is 74.5 Å². The molecule has 0 unspecified atom stereocenters. The third kappa shape index (κ3) is 4.66. The average Bonchev–Trinajstić information content (AvgIpc) is 2.62. The zero-order chi connectivity index (χ0) is 16.4. The van der Waals surface area contributed by atoms with E-state index in [1.165, 1.54) is 11.1 Å². The Labute approximate surface area is 140 Å². The first kappa shape index (κ1) is 17.7. The van der Waals surface area contributed by atoms with Crippen LogP contribution in [0.4, 0.5) is 0 Å². The Morgan fingerprint density at radius 2 is 1.04 bits per heavy atom. The molecule has 0 heterocycles. The second-order valence-corrected chi connectivity index (χ2v) is 5.92. The van der Waals surface area contributed by atoms with E-state index >= 15 is 0 Å². The van der Waals surface area contributed by atoms with Crippen molar-refractivity contribution in [1.82, 2.24) is 0 Å². The zero-order valence-corrected chi connectivity index (χ0v) is 14.3. The Morgan fingerprint density at radius 3 is 1.39 bits per heavy atom. The lowest BCUT2D eigenvalue weighted by atomic mass is 9.75. The van der Waals surface area contributed by atoms with Crippen molar-refractivity contribution in [2.45, 2.75) is 32.1 Å². The van der Waals surface area contributed by atoms with E-state index in [4.69, 9.17) is 9.47 Å². The Bertz CT molecular complexity index is 485. The highest BCUT2D eigenvalue weighted by Crippen LogP contribution is 2.33. The third-order valence-electron chi connectivity index (χ3n) is 4.05. The summed E-state index contributed by atoms with van der Waals surface area (Å²) in [6, 6.07) is 21.2. The second-order valence-electron chi connectivity index (χ2n) is 5.92. The lowest BCUT2D eigenvalue weighted by Gasteiger charge is -2.34. The van der Waals surface area contributed by atoms with Crippen LogP contribution in [0.3, 0.4) is 0 Å². The molecular weight excluding hydrogens is 284 g/mol. The van der Waals surface area contributed by atoms with Gasteiger partial charge in [0.1, 0.15) is 0 Å². The van der Waals surface area contributed by atoms with E-state index in [-0.39, 0.29) is 5.41 Å². The van der Waals surface area contributed by atoms with Gasteiger partial charge in [0.25, 0.3) is 0 Å². The van der Waals surface area contributed by atoms with Gasteiger partial charge in [0.15, 0.2) is 0 Å². The maximum absolute atomic E-state index is 6.01. The first-order chi connectivity index (χ1) is 11.3. The van der Waals surface area contributed by atoms with Crippen LogP contribution in [-0.2, 0) is 14.9 Å². The molecule has 2 heteroatoms. The molecule has 0 aromatic heterocycles. The minimum absolute atomic E-state index is 0.257. The topological polar surface area (TPSA) is 18.5 Å². The molecule has 0 amide bonds. The van der Waals surface area contributed by atoms with Crippen LogP contribution in [0.2, 0.25) is 0 Å². The van der Waals surface area contributed by atoms with E-state index < -0.39 is 0 Å². The summed E-state index contributed by atoms with van der Waals surface area (Å²) < 4.78 is 12.0. The van der Waals surface area contributed by atoms with Crippen molar-refractivity contribution in [3.8, 4) is 0 Å². The van der Waals surface area contributed by atoms with E-state index in [1.54, 1.807) is 0 Å². The second kappa shape index (κ2) is 9.49. The number of rotatable bonds is 10. The Balaban J connectivity index is 2.39. The molecule has 0 spiro atoms. The molecule has 0 fully saturated rings. The van der Waals surface area contributed by atoms with Gasteiger partial charge in [0.2, 0.25) is 0 Å². The van der Waals surface area contributed by atoms with Crippen LogP contribution < -0.4 is 0 Å². The molecule has 124 valence electrons. The number of hydrogen-bond acceptors (Lipinski definition) is 2. The van der Waals surface area contributed by atoms with Crippen LogP contribution in [0.15, 0.2) is 60.7 Å². The fraction of sp³-hybridized carbons (Fsp3) is 0.429. The molecule has 0 N–H and O–H groups in total. The lowest BCUT2D eigenvalue weighted by Crippen LogP contribution is -2.38. The minimum atomic E-state index is -0.257. The molecule has 0 aliphatic carbocycles. The molecule has 0 bridgehead atoms. The highest BCUT2D eigenvalue weighted by atomic mass is 16.5. The maximum atomic E-state index is 6.01. The molecular formula is C21H28O2. The summed E-state index contributed by atoms with van der Waals surface area (Å²) in [5.74, 6) is 0. The third-order valence-corrected chi connectivity index (χ3v) is 4.05. The van der Waals surface area contributed by atoms with Gasteiger partial charge in [-0.15, -0.1) is 0 Å². The van der Waals surface area contributed by atoms with Gasteiger partial charge in [-0.2, -0.15) is 0 Å². The monoisotopic (exact) mass is 312 g/mol. The van der Waals surface area contributed by atoms with Gasteiger partial charge in [0.05, 0.1) is 18.6 Å². The highest BCUT2D eigenvalue weighted by molar-refractivity contribution is 5.39.